The summed E-state index contributed by atoms with van der Waals surface area (Å²) in [6.45, 7) is 0. The van der Waals surface area contributed by atoms with Gasteiger partial charge in [-0.25, -0.2) is 4.79 Å². The van der Waals surface area contributed by atoms with Gasteiger partial charge in [0.1, 0.15) is 14.6 Å². The van der Waals surface area contributed by atoms with E-state index in [-0.39, 0.29) is 75.4 Å². The monoisotopic (exact) mass is 174 g/mol. The molecule has 0 aromatic rings. The van der Waals surface area contributed by atoms with Gasteiger partial charge in [-0.15, -0.1) is 0 Å². The van der Waals surface area contributed by atoms with Crippen LogP contribution in [0, 0.1) is 0 Å². The normalized spacial score (nSPS) is 6.00. The van der Waals surface area contributed by atoms with Gasteiger partial charge < -0.3 is 29.4 Å². The summed E-state index contributed by atoms with van der Waals surface area (Å²) in [6, 6.07) is 0. The van der Waals surface area contributed by atoms with Crippen LogP contribution in [0.5, 0.6) is 0 Å². The Bertz CT molecular complexity index is 110. The predicted molar refractivity (Wildman–Crippen MR) is 19.1 cm³/mol. The average molecular weight is 173 g/mol. The minimum atomic E-state index is -2.88. The number of carbonyl (C=O) groups is 1. The van der Waals surface area contributed by atoms with Gasteiger partial charge in [0.05, 0.1) is 0 Å². The summed E-state index contributed by atoms with van der Waals surface area (Å²) in [4.78, 5) is 9.82. The smallest absolute Gasteiger partial charge is 0.860 e. The molecule has 0 spiro atoms. The second kappa shape index (κ2) is 17.0. The van der Waals surface area contributed by atoms with Crippen LogP contribution in [0.3, 0.4) is 0 Å². The van der Waals surface area contributed by atoms with Gasteiger partial charge in [0, 0.05) is 0 Å². The standard InChI is InChI=1S/CB2O7.4Li/c4-1(9-2(5)6)10-3(7)8;;;;/q-4;4*+1. The average Bonchev–Trinajstić information content (AvgIpc) is 1.58. The van der Waals surface area contributed by atoms with Crippen molar-refractivity contribution in [3.63, 3.8) is 0 Å². The largest absolute Gasteiger partial charge is 1.00 e. The van der Waals surface area contributed by atoms with Crippen molar-refractivity contribution < 1.29 is 110 Å². The molecule has 0 heterocycles. The molecule has 0 unspecified atom stereocenters. The summed E-state index contributed by atoms with van der Waals surface area (Å²) in [5.41, 5.74) is 0. The molecule has 0 aromatic carbocycles. The molecule has 0 rings (SSSR count). The topological polar surface area (TPSA) is 128 Å². The van der Waals surface area contributed by atoms with E-state index in [2.05, 4.69) is 9.31 Å². The molecule has 0 amide bonds. The van der Waals surface area contributed by atoms with E-state index in [1.54, 1.807) is 0 Å². The van der Waals surface area contributed by atoms with Gasteiger partial charge in [-0.2, -0.15) is 0 Å². The Morgan fingerprint density at radius 2 is 1.00 bits per heavy atom. The zero-order valence-electron chi connectivity index (χ0n) is 8.51. The molecule has 0 saturated carbocycles. The fourth-order valence-corrected chi connectivity index (χ4v) is 0.185. The van der Waals surface area contributed by atoms with E-state index in [1.165, 1.54) is 0 Å². The van der Waals surface area contributed by atoms with Gasteiger partial charge in [0.2, 0.25) is 0 Å². The molecule has 0 aliphatic rings. The summed E-state index contributed by atoms with van der Waals surface area (Å²) in [7, 11) is -5.77. The summed E-state index contributed by atoms with van der Waals surface area (Å²) in [5.74, 6) is 0. The van der Waals surface area contributed by atoms with Crippen LogP contribution in [0.2, 0.25) is 0 Å². The third-order valence-corrected chi connectivity index (χ3v) is 0.385. The summed E-state index contributed by atoms with van der Waals surface area (Å²) in [5, 5.41) is 37.7. The molecular formula is CB2Li4O7. The van der Waals surface area contributed by atoms with E-state index in [9.17, 15) is 24.9 Å². The first-order valence-corrected chi connectivity index (χ1v) is 2.03. The van der Waals surface area contributed by atoms with Crippen molar-refractivity contribution in [3.05, 3.63) is 0 Å². The Balaban J connectivity index is -0.0000000675. The Morgan fingerprint density at radius 1 is 0.786 bits per heavy atom. The molecule has 0 aliphatic carbocycles. The van der Waals surface area contributed by atoms with Gasteiger partial charge >= 0.3 is 81.6 Å². The van der Waals surface area contributed by atoms with Crippen molar-refractivity contribution in [2.45, 2.75) is 0 Å². The Morgan fingerprint density at radius 3 is 1.14 bits per heavy atom. The minimum absolute atomic E-state index is 0. The van der Waals surface area contributed by atoms with Crippen LogP contribution in [-0.4, -0.2) is 20.8 Å². The van der Waals surface area contributed by atoms with Gasteiger partial charge in [0.15, 0.2) is 0 Å². The first-order chi connectivity index (χ1) is 4.52. The Hall–Kier alpha value is 1.63. The fraction of sp³-hybridized carbons (Fsp3) is 0. The van der Waals surface area contributed by atoms with Crippen LogP contribution in [0.4, 0.5) is 4.79 Å². The third kappa shape index (κ3) is 23.4. The zero-order chi connectivity index (χ0) is 8.15. The van der Waals surface area contributed by atoms with E-state index >= 15 is 0 Å². The van der Waals surface area contributed by atoms with Gasteiger partial charge in [-0.05, 0) is 0 Å². The molecule has 0 saturated heterocycles. The maximum absolute atomic E-state index is 9.82. The van der Waals surface area contributed by atoms with Gasteiger partial charge in [0.25, 0.3) is 0 Å². The summed E-state index contributed by atoms with van der Waals surface area (Å²) in [6.07, 6.45) is -1.84. The molecule has 0 bridgehead atoms. The molecule has 56 valence electrons. The van der Waals surface area contributed by atoms with E-state index in [4.69, 9.17) is 0 Å². The molecule has 0 aliphatic heterocycles. The zero-order valence-corrected chi connectivity index (χ0v) is 8.51. The second-order valence-electron chi connectivity index (χ2n) is 1.06. The molecule has 7 nitrogen and oxygen atoms in total. The van der Waals surface area contributed by atoms with Crippen molar-refractivity contribution in [2.24, 2.45) is 0 Å². The van der Waals surface area contributed by atoms with Crippen molar-refractivity contribution in [3.8, 4) is 0 Å². The quantitative estimate of drug-likeness (QED) is 0.379. The number of carbonyl (C=O) groups excluding carboxylic acids is 1. The van der Waals surface area contributed by atoms with E-state index in [1.807, 2.05) is 0 Å². The maximum atomic E-state index is 9.82. The van der Waals surface area contributed by atoms with Crippen molar-refractivity contribution >= 4 is 20.8 Å². The SMILES string of the molecule is O=C(OB([O-])[O-])OB([O-])[O-].[Li+].[Li+].[Li+].[Li+]. The predicted octanol–water partition coefficient (Wildman–Crippen LogP) is -17.4. The number of hydrogen-bond donors (Lipinski definition) is 0. The van der Waals surface area contributed by atoms with Gasteiger partial charge in [-0.1, -0.05) is 0 Å². The first-order valence-electron chi connectivity index (χ1n) is 2.03. The molecule has 0 aromatic heterocycles. The molecule has 13 heteroatoms. The van der Waals surface area contributed by atoms with Crippen LogP contribution < -0.4 is 95.5 Å². The molecule has 14 heavy (non-hydrogen) atoms. The van der Waals surface area contributed by atoms with Gasteiger partial charge in [-0.3, -0.25) is 0 Å². The van der Waals surface area contributed by atoms with E-state index in [0.29, 0.717) is 0 Å². The summed E-state index contributed by atoms with van der Waals surface area (Å²) >= 11 is 0. The van der Waals surface area contributed by atoms with E-state index in [0.717, 1.165) is 0 Å². The molecule has 0 radical (unpaired) electrons. The fourth-order valence-electron chi connectivity index (χ4n) is 0.185. The van der Waals surface area contributed by atoms with E-state index < -0.39 is 20.8 Å². The third-order valence-electron chi connectivity index (χ3n) is 0.385. The molecule has 0 atom stereocenters. The molecule has 0 N–H and O–H groups in total. The Kier molecular flexibility index (Phi) is 36.0. The van der Waals surface area contributed by atoms with Crippen LogP contribution in [-0.2, 0) is 9.31 Å². The molecule has 0 fully saturated rings. The second-order valence-corrected chi connectivity index (χ2v) is 1.06. The van der Waals surface area contributed by atoms with Crippen molar-refractivity contribution in [2.75, 3.05) is 0 Å². The van der Waals surface area contributed by atoms with Crippen LogP contribution in [0.1, 0.15) is 0 Å². The summed E-state index contributed by atoms with van der Waals surface area (Å²) < 4.78 is 6.38. The van der Waals surface area contributed by atoms with Crippen LogP contribution in [0.15, 0.2) is 0 Å². The van der Waals surface area contributed by atoms with Crippen LogP contribution in [0.25, 0.3) is 0 Å². The minimum Gasteiger partial charge on any atom is -0.860 e. The maximum Gasteiger partial charge on any atom is 1.00 e. The van der Waals surface area contributed by atoms with Crippen molar-refractivity contribution in [1.29, 1.82) is 0 Å². The number of hydrogen-bond acceptors (Lipinski definition) is 7. The number of rotatable bonds is 2. The van der Waals surface area contributed by atoms with Crippen molar-refractivity contribution in [1.82, 2.24) is 0 Å². The van der Waals surface area contributed by atoms with Crippen LogP contribution >= 0.6 is 0 Å². The molecular weight excluding hydrogens is 173 g/mol. The Labute approximate surface area is 129 Å². The first kappa shape index (κ1) is 29.6.